The lowest BCUT2D eigenvalue weighted by atomic mass is 10.1. The number of rotatable bonds is 10. The van der Waals surface area contributed by atoms with Crippen LogP contribution in [0.15, 0.2) is 12.1 Å². The van der Waals surface area contributed by atoms with E-state index in [2.05, 4.69) is 24.1 Å². The molecule has 0 atom stereocenters. The number of methoxy groups -OCH3 is 1. The van der Waals surface area contributed by atoms with Gasteiger partial charge in [-0.05, 0) is 45.0 Å². The number of benzene rings is 1. The summed E-state index contributed by atoms with van der Waals surface area (Å²) in [4.78, 5) is 14.7. The molecule has 6 heteroatoms. The van der Waals surface area contributed by atoms with E-state index in [1.165, 1.54) is 7.11 Å². The van der Waals surface area contributed by atoms with Gasteiger partial charge in [0.05, 0.1) is 23.4 Å². The molecule has 1 aromatic carbocycles. The van der Waals surface area contributed by atoms with Crippen molar-refractivity contribution < 1.29 is 9.53 Å². The molecule has 0 unspecified atom stereocenters. The van der Waals surface area contributed by atoms with Gasteiger partial charge in [-0.2, -0.15) is 0 Å². The van der Waals surface area contributed by atoms with Gasteiger partial charge >= 0.3 is 0 Å². The van der Waals surface area contributed by atoms with Crippen LogP contribution in [0.2, 0.25) is 5.02 Å². The molecule has 0 saturated heterocycles. The van der Waals surface area contributed by atoms with Gasteiger partial charge in [-0.15, -0.1) is 0 Å². The van der Waals surface area contributed by atoms with Gasteiger partial charge in [0.25, 0.3) is 5.91 Å². The van der Waals surface area contributed by atoms with Gasteiger partial charge in [0.2, 0.25) is 0 Å². The molecular weight excluding hydrogens is 314 g/mol. The molecule has 1 aromatic rings. The van der Waals surface area contributed by atoms with Crippen LogP contribution >= 0.6 is 11.6 Å². The van der Waals surface area contributed by atoms with E-state index in [-0.39, 0.29) is 5.91 Å². The SMILES string of the molecule is CCCN(CCC)CCCNC(=O)c1cc(Cl)c(N)cc1OC. The fourth-order valence-corrected chi connectivity index (χ4v) is 2.65. The third-order valence-electron chi connectivity index (χ3n) is 3.58. The average Bonchev–Trinajstić information content (AvgIpc) is 2.53. The molecule has 130 valence electrons. The van der Waals surface area contributed by atoms with Crippen LogP contribution in [0.25, 0.3) is 0 Å². The smallest absolute Gasteiger partial charge is 0.255 e. The Morgan fingerprint density at radius 3 is 2.48 bits per heavy atom. The van der Waals surface area contributed by atoms with Crippen molar-refractivity contribution in [2.24, 2.45) is 0 Å². The summed E-state index contributed by atoms with van der Waals surface area (Å²) in [5.74, 6) is 0.240. The highest BCUT2D eigenvalue weighted by atomic mass is 35.5. The predicted molar refractivity (Wildman–Crippen MR) is 96.4 cm³/mol. The molecular formula is C17H28ClN3O2. The van der Waals surface area contributed by atoms with E-state index in [4.69, 9.17) is 22.1 Å². The Hall–Kier alpha value is -1.46. The minimum absolute atomic E-state index is 0.193. The zero-order chi connectivity index (χ0) is 17.2. The first-order valence-corrected chi connectivity index (χ1v) is 8.54. The van der Waals surface area contributed by atoms with E-state index in [0.29, 0.717) is 28.6 Å². The molecule has 0 aromatic heterocycles. The number of anilines is 1. The summed E-state index contributed by atoms with van der Waals surface area (Å²) in [5.41, 5.74) is 6.53. The van der Waals surface area contributed by atoms with Crippen molar-refractivity contribution in [1.29, 1.82) is 0 Å². The van der Waals surface area contributed by atoms with Gasteiger partial charge in [0.1, 0.15) is 5.75 Å². The first-order chi connectivity index (χ1) is 11.0. The number of ether oxygens (including phenoxy) is 1. The number of nitrogens with one attached hydrogen (secondary N) is 1. The van der Waals surface area contributed by atoms with E-state index >= 15 is 0 Å². The van der Waals surface area contributed by atoms with Crippen LogP contribution in [0.4, 0.5) is 5.69 Å². The molecule has 1 amide bonds. The number of nitrogen functional groups attached to an aromatic ring is 1. The van der Waals surface area contributed by atoms with Gasteiger partial charge in [0.15, 0.2) is 0 Å². The van der Waals surface area contributed by atoms with Crippen LogP contribution in [0, 0.1) is 0 Å². The Morgan fingerprint density at radius 1 is 1.26 bits per heavy atom. The van der Waals surface area contributed by atoms with Crippen molar-refractivity contribution >= 4 is 23.2 Å². The second-order valence-corrected chi connectivity index (χ2v) is 5.93. The number of nitrogens with zero attached hydrogens (tertiary/aromatic N) is 1. The lowest BCUT2D eigenvalue weighted by Gasteiger charge is -2.20. The first-order valence-electron chi connectivity index (χ1n) is 8.17. The van der Waals surface area contributed by atoms with Crippen LogP contribution in [-0.2, 0) is 0 Å². The highest BCUT2D eigenvalue weighted by Crippen LogP contribution is 2.28. The molecule has 0 saturated carbocycles. The number of amides is 1. The maximum Gasteiger partial charge on any atom is 0.255 e. The Morgan fingerprint density at radius 2 is 1.91 bits per heavy atom. The molecule has 5 nitrogen and oxygen atoms in total. The van der Waals surface area contributed by atoms with Gasteiger partial charge in [0, 0.05) is 12.6 Å². The van der Waals surface area contributed by atoms with E-state index in [9.17, 15) is 4.79 Å². The van der Waals surface area contributed by atoms with Crippen LogP contribution < -0.4 is 15.8 Å². The number of hydrogen-bond acceptors (Lipinski definition) is 4. The highest BCUT2D eigenvalue weighted by Gasteiger charge is 2.14. The topological polar surface area (TPSA) is 67.6 Å². The lowest BCUT2D eigenvalue weighted by Crippen LogP contribution is -2.31. The molecule has 0 bridgehead atoms. The fraction of sp³-hybridized carbons (Fsp3) is 0.588. The van der Waals surface area contributed by atoms with Crippen molar-refractivity contribution in [2.75, 3.05) is 39.0 Å². The lowest BCUT2D eigenvalue weighted by molar-refractivity contribution is 0.0948. The molecule has 0 fully saturated rings. The van der Waals surface area contributed by atoms with Crippen LogP contribution in [0.5, 0.6) is 5.75 Å². The van der Waals surface area contributed by atoms with Crippen molar-refractivity contribution in [3.05, 3.63) is 22.7 Å². The maximum absolute atomic E-state index is 12.3. The van der Waals surface area contributed by atoms with Gasteiger partial charge < -0.3 is 20.7 Å². The Kier molecular flexibility index (Phi) is 8.81. The number of carbonyl (C=O) groups excluding carboxylic acids is 1. The minimum Gasteiger partial charge on any atom is -0.496 e. The highest BCUT2D eigenvalue weighted by molar-refractivity contribution is 6.33. The van der Waals surface area contributed by atoms with Crippen molar-refractivity contribution in [3.8, 4) is 5.75 Å². The zero-order valence-electron chi connectivity index (χ0n) is 14.3. The minimum atomic E-state index is -0.193. The summed E-state index contributed by atoms with van der Waals surface area (Å²) in [6, 6.07) is 3.12. The summed E-state index contributed by atoms with van der Waals surface area (Å²) in [7, 11) is 1.51. The zero-order valence-corrected chi connectivity index (χ0v) is 15.1. The number of carbonyl (C=O) groups is 1. The largest absolute Gasteiger partial charge is 0.496 e. The van der Waals surface area contributed by atoms with Crippen molar-refractivity contribution in [3.63, 3.8) is 0 Å². The Bertz CT molecular complexity index is 503. The second kappa shape index (κ2) is 10.3. The van der Waals surface area contributed by atoms with E-state index in [1.54, 1.807) is 12.1 Å². The molecule has 0 radical (unpaired) electrons. The third kappa shape index (κ3) is 6.28. The summed E-state index contributed by atoms with van der Waals surface area (Å²) in [6.45, 7) is 8.17. The predicted octanol–water partition coefficient (Wildman–Crippen LogP) is 3.17. The summed E-state index contributed by atoms with van der Waals surface area (Å²) in [6.07, 6.45) is 3.21. The van der Waals surface area contributed by atoms with E-state index in [0.717, 1.165) is 38.9 Å². The van der Waals surface area contributed by atoms with Gasteiger partial charge in [-0.25, -0.2) is 0 Å². The molecule has 0 aliphatic rings. The maximum atomic E-state index is 12.3. The molecule has 0 aliphatic heterocycles. The standard InChI is InChI=1S/C17H28ClN3O2/c1-4-8-21(9-5-2)10-6-7-20-17(22)13-11-14(18)15(19)12-16(13)23-3/h11-12H,4-10,19H2,1-3H3,(H,20,22). The Balaban J connectivity index is 2.52. The molecule has 0 heterocycles. The molecule has 0 spiro atoms. The Labute approximate surface area is 144 Å². The average molecular weight is 342 g/mol. The second-order valence-electron chi connectivity index (χ2n) is 5.53. The van der Waals surface area contributed by atoms with E-state index in [1.807, 2.05) is 0 Å². The summed E-state index contributed by atoms with van der Waals surface area (Å²) < 4.78 is 5.20. The third-order valence-corrected chi connectivity index (χ3v) is 3.91. The quantitative estimate of drug-likeness (QED) is 0.506. The van der Waals surface area contributed by atoms with Gasteiger partial charge in [-0.1, -0.05) is 25.4 Å². The first kappa shape index (κ1) is 19.6. The molecule has 3 N–H and O–H groups in total. The van der Waals surface area contributed by atoms with Crippen molar-refractivity contribution in [1.82, 2.24) is 10.2 Å². The van der Waals surface area contributed by atoms with Crippen LogP contribution in [0.3, 0.4) is 0 Å². The summed E-state index contributed by atoms with van der Waals surface area (Å²) >= 11 is 5.99. The van der Waals surface area contributed by atoms with Crippen LogP contribution in [0.1, 0.15) is 43.5 Å². The normalized spacial score (nSPS) is 10.8. The van der Waals surface area contributed by atoms with Gasteiger partial charge in [-0.3, -0.25) is 4.79 Å². The van der Waals surface area contributed by atoms with Crippen LogP contribution in [-0.4, -0.2) is 44.1 Å². The number of halogens is 1. The summed E-state index contributed by atoms with van der Waals surface area (Å²) in [5, 5.41) is 3.27. The molecule has 23 heavy (non-hydrogen) atoms. The molecule has 0 aliphatic carbocycles. The van der Waals surface area contributed by atoms with Crippen molar-refractivity contribution in [2.45, 2.75) is 33.1 Å². The monoisotopic (exact) mass is 341 g/mol. The van der Waals surface area contributed by atoms with E-state index < -0.39 is 0 Å². The fourth-order valence-electron chi connectivity index (χ4n) is 2.48. The number of hydrogen-bond donors (Lipinski definition) is 2. The molecule has 1 rings (SSSR count). The number of nitrogens with two attached hydrogens (primary N) is 1.